The highest BCUT2D eigenvalue weighted by Crippen LogP contribution is 2.49. The molecule has 2 aliphatic carbocycles. The summed E-state index contributed by atoms with van der Waals surface area (Å²) < 4.78 is 5.89. The Morgan fingerprint density at radius 2 is 1.92 bits per heavy atom. The van der Waals surface area contributed by atoms with Crippen LogP contribution in [0.3, 0.4) is 0 Å². The van der Waals surface area contributed by atoms with Crippen LogP contribution < -0.4 is 5.32 Å². The van der Waals surface area contributed by atoms with Crippen molar-refractivity contribution in [1.29, 1.82) is 0 Å². The highest BCUT2D eigenvalue weighted by atomic mass is 16.3. The summed E-state index contributed by atoms with van der Waals surface area (Å²) >= 11 is 0. The van der Waals surface area contributed by atoms with Gasteiger partial charge in [-0.2, -0.15) is 0 Å². The lowest BCUT2D eigenvalue weighted by Crippen LogP contribution is -2.41. The first kappa shape index (κ1) is 15.5. The van der Waals surface area contributed by atoms with Crippen LogP contribution in [-0.4, -0.2) is 5.91 Å². The van der Waals surface area contributed by atoms with Crippen molar-refractivity contribution in [3.8, 4) is 0 Å². The molecular weight excluding hydrogens is 298 g/mol. The molecule has 0 saturated heterocycles. The summed E-state index contributed by atoms with van der Waals surface area (Å²) in [6.45, 7) is 6.48. The summed E-state index contributed by atoms with van der Waals surface area (Å²) in [7, 11) is 0. The van der Waals surface area contributed by atoms with E-state index >= 15 is 0 Å². The number of benzene rings is 1. The Balaban J connectivity index is 1.60. The molecule has 1 unspecified atom stereocenters. The fourth-order valence-corrected chi connectivity index (χ4v) is 4.14. The average molecular weight is 323 g/mol. The average Bonchev–Trinajstić information content (AvgIpc) is 3.25. The summed E-state index contributed by atoms with van der Waals surface area (Å²) in [6.07, 6.45) is 3.77. The van der Waals surface area contributed by atoms with Crippen LogP contribution in [0.5, 0.6) is 0 Å². The molecule has 1 saturated carbocycles. The quantitative estimate of drug-likeness (QED) is 0.907. The Morgan fingerprint density at radius 1 is 1.21 bits per heavy atom. The number of furan rings is 1. The molecule has 2 aliphatic rings. The summed E-state index contributed by atoms with van der Waals surface area (Å²) in [5.41, 5.74) is 2.13. The Bertz CT molecular complexity index is 768. The summed E-state index contributed by atoms with van der Waals surface area (Å²) in [6, 6.07) is 12.3. The normalized spacial score (nSPS) is 23.4. The van der Waals surface area contributed by atoms with Crippen LogP contribution >= 0.6 is 0 Å². The van der Waals surface area contributed by atoms with Crippen molar-refractivity contribution in [3.63, 3.8) is 0 Å². The third-order valence-electron chi connectivity index (χ3n) is 5.55. The zero-order valence-corrected chi connectivity index (χ0v) is 14.7. The molecule has 1 heterocycles. The number of nitrogens with one attached hydrogen (secondary N) is 1. The SMILES string of the molecule is Cc1cc2c(o1)CC(C)(C)CC2NC(=O)C1(c2ccccc2)CC1. The molecule has 0 spiro atoms. The van der Waals surface area contributed by atoms with Gasteiger partial charge in [-0.05, 0) is 43.2 Å². The molecule has 1 aromatic carbocycles. The minimum atomic E-state index is -0.318. The highest BCUT2D eigenvalue weighted by molar-refractivity contribution is 5.91. The van der Waals surface area contributed by atoms with Crippen molar-refractivity contribution in [2.45, 2.75) is 57.9 Å². The number of carbonyl (C=O) groups excluding carboxylic acids is 1. The predicted molar refractivity (Wildman–Crippen MR) is 93.8 cm³/mol. The minimum absolute atomic E-state index is 0.0508. The molecule has 0 radical (unpaired) electrons. The first-order chi connectivity index (χ1) is 11.4. The van der Waals surface area contributed by atoms with E-state index in [1.807, 2.05) is 25.1 Å². The summed E-state index contributed by atoms with van der Waals surface area (Å²) in [5, 5.41) is 3.35. The van der Waals surface area contributed by atoms with E-state index in [1.54, 1.807) is 0 Å². The van der Waals surface area contributed by atoms with Gasteiger partial charge in [-0.3, -0.25) is 4.79 Å². The van der Waals surface area contributed by atoms with E-state index in [0.717, 1.165) is 42.8 Å². The monoisotopic (exact) mass is 323 g/mol. The fraction of sp³-hybridized carbons (Fsp3) is 0.476. The van der Waals surface area contributed by atoms with E-state index < -0.39 is 0 Å². The lowest BCUT2D eigenvalue weighted by molar-refractivity contribution is -0.124. The molecule has 2 aromatic rings. The number of carbonyl (C=O) groups is 1. The van der Waals surface area contributed by atoms with Gasteiger partial charge in [0.05, 0.1) is 11.5 Å². The zero-order valence-electron chi connectivity index (χ0n) is 14.7. The number of fused-ring (bicyclic) bond motifs is 1. The second-order valence-electron chi connectivity index (χ2n) is 8.25. The Kier molecular flexibility index (Phi) is 3.38. The Hall–Kier alpha value is -2.03. The topological polar surface area (TPSA) is 42.2 Å². The van der Waals surface area contributed by atoms with E-state index in [1.165, 1.54) is 5.56 Å². The van der Waals surface area contributed by atoms with E-state index in [4.69, 9.17) is 4.42 Å². The van der Waals surface area contributed by atoms with Gasteiger partial charge in [0, 0.05) is 12.0 Å². The third-order valence-corrected chi connectivity index (χ3v) is 5.55. The number of amides is 1. The van der Waals surface area contributed by atoms with Crippen LogP contribution in [0.4, 0.5) is 0 Å². The Labute approximate surface area is 143 Å². The second-order valence-corrected chi connectivity index (χ2v) is 8.25. The number of hydrogen-bond donors (Lipinski definition) is 1. The fourth-order valence-electron chi connectivity index (χ4n) is 4.14. The van der Waals surface area contributed by atoms with Crippen molar-refractivity contribution in [2.24, 2.45) is 5.41 Å². The lowest BCUT2D eigenvalue weighted by atomic mass is 9.74. The number of aryl methyl sites for hydroxylation is 1. The molecule has 1 fully saturated rings. The lowest BCUT2D eigenvalue weighted by Gasteiger charge is -2.35. The number of hydrogen-bond acceptors (Lipinski definition) is 2. The molecule has 3 nitrogen and oxygen atoms in total. The van der Waals surface area contributed by atoms with Crippen molar-refractivity contribution in [3.05, 3.63) is 59.0 Å². The smallest absolute Gasteiger partial charge is 0.231 e. The van der Waals surface area contributed by atoms with Gasteiger partial charge in [0.25, 0.3) is 0 Å². The van der Waals surface area contributed by atoms with Gasteiger partial charge < -0.3 is 9.73 Å². The minimum Gasteiger partial charge on any atom is -0.466 e. The van der Waals surface area contributed by atoms with Crippen LogP contribution in [0.2, 0.25) is 0 Å². The van der Waals surface area contributed by atoms with Gasteiger partial charge in [0.1, 0.15) is 11.5 Å². The molecule has 1 N–H and O–H groups in total. The number of rotatable bonds is 3. The van der Waals surface area contributed by atoms with Crippen LogP contribution in [0.15, 0.2) is 40.8 Å². The van der Waals surface area contributed by atoms with Crippen molar-refractivity contribution >= 4 is 5.91 Å². The van der Waals surface area contributed by atoms with Crippen molar-refractivity contribution in [1.82, 2.24) is 5.32 Å². The van der Waals surface area contributed by atoms with Crippen LogP contribution in [0.1, 0.15) is 61.8 Å². The van der Waals surface area contributed by atoms with Gasteiger partial charge in [-0.25, -0.2) is 0 Å². The molecule has 3 heteroatoms. The zero-order chi connectivity index (χ0) is 16.9. The maximum atomic E-state index is 13.1. The summed E-state index contributed by atoms with van der Waals surface area (Å²) in [4.78, 5) is 13.1. The molecule has 1 amide bonds. The molecule has 24 heavy (non-hydrogen) atoms. The third kappa shape index (κ3) is 2.56. The maximum Gasteiger partial charge on any atom is 0.231 e. The van der Waals surface area contributed by atoms with Crippen LogP contribution in [-0.2, 0) is 16.6 Å². The van der Waals surface area contributed by atoms with Gasteiger partial charge in [-0.15, -0.1) is 0 Å². The highest BCUT2D eigenvalue weighted by Gasteiger charge is 2.52. The standard InChI is InChI=1S/C21H25NO2/c1-14-11-16-17(12-20(2,3)13-18(16)24-14)22-19(23)21(9-10-21)15-7-5-4-6-8-15/h4-8,11,17H,9-10,12-13H2,1-3H3,(H,22,23). The van der Waals surface area contributed by atoms with Gasteiger partial charge >= 0.3 is 0 Å². The van der Waals surface area contributed by atoms with E-state index in [9.17, 15) is 4.79 Å². The van der Waals surface area contributed by atoms with Crippen molar-refractivity contribution < 1.29 is 9.21 Å². The van der Waals surface area contributed by atoms with Gasteiger partial charge in [0.2, 0.25) is 5.91 Å². The van der Waals surface area contributed by atoms with Gasteiger partial charge in [0.15, 0.2) is 0 Å². The predicted octanol–water partition coefficient (Wildman–Crippen LogP) is 4.45. The molecule has 1 atom stereocenters. The van der Waals surface area contributed by atoms with E-state index in [-0.39, 0.29) is 22.8 Å². The Morgan fingerprint density at radius 3 is 2.58 bits per heavy atom. The molecule has 0 aliphatic heterocycles. The van der Waals surface area contributed by atoms with Gasteiger partial charge in [-0.1, -0.05) is 44.2 Å². The van der Waals surface area contributed by atoms with E-state index in [0.29, 0.717) is 0 Å². The van der Waals surface area contributed by atoms with Crippen LogP contribution in [0, 0.1) is 12.3 Å². The second kappa shape index (κ2) is 5.23. The maximum absolute atomic E-state index is 13.1. The largest absolute Gasteiger partial charge is 0.466 e. The molecule has 1 aromatic heterocycles. The molecule has 0 bridgehead atoms. The first-order valence-electron chi connectivity index (χ1n) is 8.85. The summed E-state index contributed by atoms with van der Waals surface area (Å²) in [5.74, 6) is 2.14. The van der Waals surface area contributed by atoms with Crippen molar-refractivity contribution in [2.75, 3.05) is 0 Å². The van der Waals surface area contributed by atoms with E-state index in [2.05, 4.69) is 37.4 Å². The van der Waals surface area contributed by atoms with Crippen LogP contribution in [0.25, 0.3) is 0 Å². The molecule has 4 rings (SSSR count). The molecule has 126 valence electrons. The first-order valence-corrected chi connectivity index (χ1v) is 8.85. The molecular formula is C21H25NO2.